The first-order valence-corrected chi connectivity index (χ1v) is 6.46. The molecule has 1 aromatic rings. The average molecular weight is 244 g/mol. The van der Waals surface area contributed by atoms with Gasteiger partial charge in [0.15, 0.2) is 5.89 Å². The van der Waals surface area contributed by atoms with Crippen LogP contribution in [-0.4, -0.2) is 23.6 Å². The molecule has 1 aliphatic carbocycles. The summed E-state index contributed by atoms with van der Waals surface area (Å²) in [7, 11) is 0. The van der Waals surface area contributed by atoms with E-state index in [1.165, 1.54) is 0 Å². The Hall–Kier alpha value is -0.540. The second-order valence-electron chi connectivity index (χ2n) is 4.28. The van der Waals surface area contributed by atoms with Crippen molar-refractivity contribution < 1.29 is 9.15 Å². The molecule has 0 aromatic carbocycles. The van der Waals surface area contributed by atoms with Crippen LogP contribution in [0.15, 0.2) is 10.6 Å². The van der Waals surface area contributed by atoms with Gasteiger partial charge in [-0.05, 0) is 25.7 Å². The van der Waals surface area contributed by atoms with Crippen molar-refractivity contribution in [1.82, 2.24) is 4.98 Å². The van der Waals surface area contributed by atoms with Gasteiger partial charge in [-0.25, -0.2) is 4.98 Å². The van der Waals surface area contributed by atoms with E-state index >= 15 is 0 Å². The Kier molecular flexibility index (Phi) is 4.24. The second kappa shape index (κ2) is 5.69. The fourth-order valence-electron chi connectivity index (χ4n) is 2.14. The third-order valence-corrected chi connectivity index (χ3v) is 3.18. The van der Waals surface area contributed by atoms with Gasteiger partial charge < -0.3 is 9.15 Å². The Balaban J connectivity index is 1.73. The lowest BCUT2D eigenvalue weighted by Crippen LogP contribution is -2.32. The van der Waals surface area contributed by atoms with Crippen molar-refractivity contribution in [3.05, 3.63) is 17.8 Å². The maximum absolute atomic E-state index is 5.63. The van der Waals surface area contributed by atoms with Gasteiger partial charge >= 0.3 is 0 Å². The minimum absolute atomic E-state index is 0.472. The highest BCUT2D eigenvalue weighted by atomic mass is 35.5. The average Bonchev–Trinajstić information content (AvgIpc) is 2.63. The highest BCUT2D eigenvalue weighted by molar-refractivity contribution is 6.17. The van der Waals surface area contributed by atoms with Crippen LogP contribution < -0.4 is 0 Å². The van der Waals surface area contributed by atoms with Crippen LogP contribution in [0.3, 0.4) is 0 Å². The Labute approximate surface area is 101 Å². The maximum atomic E-state index is 5.63. The van der Waals surface area contributed by atoms with Crippen LogP contribution in [0.4, 0.5) is 0 Å². The first kappa shape index (κ1) is 11.9. The molecular weight excluding hydrogens is 226 g/mol. The van der Waals surface area contributed by atoms with Crippen LogP contribution in [0.25, 0.3) is 0 Å². The van der Waals surface area contributed by atoms with Gasteiger partial charge in [-0.3, -0.25) is 0 Å². The standard InChI is InChI=1S/C12H18ClNO2/c1-2-15-10-5-9(6-10)7-11-8-14-12(16-11)3-4-13/h8-10H,2-7H2,1H3. The molecule has 1 saturated carbocycles. The molecule has 0 aliphatic heterocycles. The SMILES string of the molecule is CCOC1CC(Cc2cnc(CCCl)o2)C1. The molecule has 4 heteroatoms. The number of oxazole rings is 1. The molecule has 0 amide bonds. The summed E-state index contributed by atoms with van der Waals surface area (Å²) in [5, 5.41) is 0. The summed E-state index contributed by atoms with van der Waals surface area (Å²) in [6.07, 6.45) is 6.31. The van der Waals surface area contributed by atoms with Crippen LogP contribution in [0, 0.1) is 5.92 Å². The molecule has 0 unspecified atom stereocenters. The lowest BCUT2D eigenvalue weighted by Gasteiger charge is -2.34. The van der Waals surface area contributed by atoms with Gasteiger partial charge in [-0.15, -0.1) is 11.6 Å². The van der Waals surface area contributed by atoms with Crippen molar-refractivity contribution in [2.24, 2.45) is 5.92 Å². The molecule has 3 nitrogen and oxygen atoms in total. The van der Waals surface area contributed by atoms with E-state index in [1.807, 2.05) is 13.1 Å². The second-order valence-corrected chi connectivity index (χ2v) is 4.66. The molecule has 0 saturated heterocycles. The molecule has 0 spiro atoms. The van der Waals surface area contributed by atoms with Gasteiger partial charge in [0.25, 0.3) is 0 Å². The van der Waals surface area contributed by atoms with Crippen LogP contribution in [-0.2, 0) is 17.6 Å². The fraction of sp³-hybridized carbons (Fsp3) is 0.750. The third-order valence-electron chi connectivity index (χ3n) is 2.99. The molecule has 1 heterocycles. The molecule has 16 heavy (non-hydrogen) atoms. The van der Waals surface area contributed by atoms with Crippen molar-refractivity contribution in [2.45, 2.75) is 38.7 Å². The minimum Gasteiger partial charge on any atom is -0.446 e. The predicted molar refractivity (Wildman–Crippen MR) is 62.8 cm³/mol. The van der Waals surface area contributed by atoms with E-state index in [0.717, 1.165) is 37.5 Å². The van der Waals surface area contributed by atoms with Crippen LogP contribution in [0.1, 0.15) is 31.4 Å². The summed E-state index contributed by atoms with van der Waals surface area (Å²) in [6.45, 7) is 2.86. The molecule has 1 aromatic heterocycles. The van der Waals surface area contributed by atoms with E-state index in [9.17, 15) is 0 Å². The number of rotatable bonds is 6. The maximum Gasteiger partial charge on any atom is 0.195 e. The summed E-state index contributed by atoms with van der Waals surface area (Å²) < 4.78 is 11.1. The minimum atomic E-state index is 0.472. The molecule has 0 bridgehead atoms. The summed E-state index contributed by atoms with van der Waals surface area (Å²) in [5.74, 6) is 3.01. The van der Waals surface area contributed by atoms with Gasteiger partial charge in [-0.2, -0.15) is 0 Å². The number of halogens is 1. The predicted octanol–water partition coefficient (Wildman–Crippen LogP) is 2.81. The summed E-state index contributed by atoms with van der Waals surface area (Å²) in [4.78, 5) is 4.19. The number of nitrogens with zero attached hydrogens (tertiary/aromatic N) is 1. The summed E-state index contributed by atoms with van der Waals surface area (Å²) in [5.41, 5.74) is 0. The van der Waals surface area contributed by atoms with Crippen LogP contribution in [0.5, 0.6) is 0 Å². The van der Waals surface area contributed by atoms with Crippen molar-refractivity contribution >= 4 is 11.6 Å². The van der Waals surface area contributed by atoms with Crippen LogP contribution >= 0.6 is 11.6 Å². The molecule has 0 atom stereocenters. The molecule has 2 rings (SSSR count). The largest absolute Gasteiger partial charge is 0.446 e. The van der Waals surface area contributed by atoms with E-state index in [4.69, 9.17) is 20.8 Å². The van der Waals surface area contributed by atoms with E-state index in [2.05, 4.69) is 4.98 Å². The third kappa shape index (κ3) is 2.98. The molecule has 90 valence electrons. The number of ether oxygens (including phenoxy) is 1. The van der Waals surface area contributed by atoms with Crippen molar-refractivity contribution in [1.29, 1.82) is 0 Å². The van der Waals surface area contributed by atoms with Crippen molar-refractivity contribution in [2.75, 3.05) is 12.5 Å². The molecule has 0 N–H and O–H groups in total. The first-order chi connectivity index (χ1) is 7.81. The monoisotopic (exact) mass is 243 g/mol. The topological polar surface area (TPSA) is 35.3 Å². The fourth-order valence-corrected chi connectivity index (χ4v) is 2.30. The van der Waals surface area contributed by atoms with Crippen molar-refractivity contribution in [3.8, 4) is 0 Å². The number of aryl methyl sites for hydroxylation is 1. The zero-order valence-corrected chi connectivity index (χ0v) is 10.4. The Morgan fingerprint density at radius 3 is 3.06 bits per heavy atom. The molecular formula is C12H18ClNO2. The number of aromatic nitrogens is 1. The van der Waals surface area contributed by atoms with Gasteiger partial charge in [-0.1, -0.05) is 0 Å². The highest BCUT2D eigenvalue weighted by Gasteiger charge is 2.30. The van der Waals surface area contributed by atoms with E-state index < -0.39 is 0 Å². The normalized spacial score (nSPS) is 24.4. The molecule has 1 fully saturated rings. The van der Waals surface area contributed by atoms with Gasteiger partial charge in [0.05, 0.1) is 12.3 Å². The first-order valence-electron chi connectivity index (χ1n) is 5.93. The number of hydrogen-bond acceptors (Lipinski definition) is 3. The molecule has 0 radical (unpaired) electrons. The Morgan fingerprint density at radius 2 is 2.38 bits per heavy atom. The van der Waals surface area contributed by atoms with E-state index in [0.29, 0.717) is 24.3 Å². The quantitative estimate of drug-likeness (QED) is 0.721. The lowest BCUT2D eigenvalue weighted by molar-refractivity contribution is -0.0252. The summed E-state index contributed by atoms with van der Waals surface area (Å²) in [6, 6.07) is 0. The van der Waals surface area contributed by atoms with E-state index in [1.54, 1.807) is 0 Å². The van der Waals surface area contributed by atoms with Gasteiger partial charge in [0.1, 0.15) is 5.76 Å². The zero-order chi connectivity index (χ0) is 11.4. The Bertz CT molecular complexity index is 321. The highest BCUT2D eigenvalue weighted by Crippen LogP contribution is 2.32. The van der Waals surface area contributed by atoms with Crippen LogP contribution in [0.2, 0.25) is 0 Å². The number of alkyl halides is 1. The zero-order valence-electron chi connectivity index (χ0n) is 9.62. The molecule has 1 aliphatic rings. The van der Waals surface area contributed by atoms with E-state index in [-0.39, 0.29) is 0 Å². The van der Waals surface area contributed by atoms with Gasteiger partial charge in [0.2, 0.25) is 0 Å². The summed E-state index contributed by atoms with van der Waals surface area (Å²) >= 11 is 5.63. The number of hydrogen-bond donors (Lipinski definition) is 0. The Morgan fingerprint density at radius 1 is 1.56 bits per heavy atom. The van der Waals surface area contributed by atoms with Gasteiger partial charge in [0, 0.05) is 25.3 Å². The smallest absolute Gasteiger partial charge is 0.195 e. The van der Waals surface area contributed by atoms with Crippen molar-refractivity contribution in [3.63, 3.8) is 0 Å². The lowest BCUT2D eigenvalue weighted by atomic mass is 9.79.